The summed E-state index contributed by atoms with van der Waals surface area (Å²) >= 11 is 3.88. The first-order chi connectivity index (χ1) is 8.78. The van der Waals surface area contributed by atoms with E-state index in [2.05, 4.69) is 22.1 Å². The molecule has 0 aliphatic carbocycles. The lowest BCUT2D eigenvalue weighted by molar-refractivity contribution is -0.274. The number of thiol groups is 1. The predicted octanol–water partition coefficient (Wildman–Crippen LogP) is 2.92. The van der Waals surface area contributed by atoms with Gasteiger partial charge in [-0.1, -0.05) is 0 Å². The molecule has 4 nitrogen and oxygen atoms in total. The third kappa shape index (κ3) is 4.06. The van der Waals surface area contributed by atoms with Crippen LogP contribution >= 0.6 is 12.6 Å². The predicted molar refractivity (Wildman–Crippen MR) is 61.0 cm³/mol. The fraction of sp³-hybridized carbons (Fsp3) is 0.273. The SMILES string of the molecule is CCOC(=O)c1cc(C#N)c(OC(F)(F)F)cc1S. The van der Waals surface area contributed by atoms with E-state index in [9.17, 15) is 18.0 Å². The second-order valence-corrected chi connectivity index (χ2v) is 3.73. The van der Waals surface area contributed by atoms with Crippen LogP contribution in [0.4, 0.5) is 13.2 Å². The minimum atomic E-state index is -4.93. The first kappa shape index (κ1) is 15.2. The number of benzene rings is 1. The number of esters is 1. The highest BCUT2D eigenvalue weighted by molar-refractivity contribution is 7.80. The normalized spacial score (nSPS) is 10.7. The Morgan fingerprint density at radius 2 is 2.11 bits per heavy atom. The van der Waals surface area contributed by atoms with Crippen LogP contribution in [-0.2, 0) is 4.74 Å². The van der Waals surface area contributed by atoms with E-state index in [1.807, 2.05) is 0 Å². The third-order valence-electron chi connectivity index (χ3n) is 1.94. The molecule has 19 heavy (non-hydrogen) atoms. The molecule has 0 spiro atoms. The zero-order valence-corrected chi connectivity index (χ0v) is 10.5. The van der Waals surface area contributed by atoms with E-state index in [0.29, 0.717) is 0 Å². The highest BCUT2D eigenvalue weighted by atomic mass is 32.1. The van der Waals surface area contributed by atoms with Gasteiger partial charge in [-0.05, 0) is 19.1 Å². The van der Waals surface area contributed by atoms with Crippen molar-refractivity contribution in [3.05, 3.63) is 23.3 Å². The number of hydrogen-bond acceptors (Lipinski definition) is 5. The number of hydrogen-bond donors (Lipinski definition) is 1. The Labute approximate surface area is 112 Å². The first-order valence-electron chi connectivity index (χ1n) is 4.98. The van der Waals surface area contributed by atoms with Gasteiger partial charge in [0.2, 0.25) is 0 Å². The molecule has 1 rings (SSSR count). The van der Waals surface area contributed by atoms with E-state index in [1.165, 1.54) is 6.07 Å². The lowest BCUT2D eigenvalue weighted by Gasteiger charge is -2.12. The van der Waals surface area contributed by atoms with Gasteiger partial charge in [-0.3, -0.25) is 0 Å². The Bertz CT molecular complexity index is 537. The van der Waals surface area contributed by atoms with Crippen molar-refractivity contribution in [2.24, 2.45) is 0 Å². The van der Waals surface area contributed by atoms with E-state index < -0.39 is 23.6 Å². The van der Waals surface area contributed by atoms with Gasteiger partial charge in [0.15, 0.2) is 0 Å². The summed E-state index contributed by atoms with van der Waals surface area (Å²) in [6, 6.07) is 3.31. The molecule has 0 atom stereocenters. The van der Waals surface area contributed by atoms with Crippen LogP contribution < -0.4 is 4.74 Å². The number of carbonyl (C=O) groups excluding carboxylic acids is 1. The molecule has 0 saturated carbocycles. The molecule has 0 aromatic heterocycles. The van der Waals surface area contributed by atoms with Crippen molar-refractivity contribution in [1.82, 2.24) is 0 Å². The van der Waals surface area contributed by atoms with Gasteiger partial charge in [0.1, 0.15) is 11.8 Å². The molecule has 0 radical (unpaired) electrons. The van der Waals surface area contributed by atoms with Gasteiger partial charge in [-0.25, -0.2) is 4.79 Å². The van der Waals surface area contributed by atoms with Gasteiger partial charge in [-0.15, -0.1) is 25.8 Å². The van der Waals surface area contributed by atoms with Crippen LogP contribution in [0.15, 0.2) is 17.0 Å². The summed E-state index contributed by atoms with van der Waals surface area (Å²) in [6.45, 7) is 1.66. The average Bonchev–Trinajstić information content (AvgIpc) is 2.27. The molecular formula is C11H8F3NO3S. The molecule has 1 aromatic carbocycles. The molecule has 0 fully saturated rings. The van der Waals surface area contributed by atoms with Crippen molar-refractivity contribution < 1.29 is 27.4 Å². The number of alkyl halides is 3. The maximum Gasteiger partial charge on any atom is 0.573 e. The van der Waals surface area contributed by atoms with Gasteiger partial charge in [0.25, 0.3) is 0 Å². The Balaban J connectivity index is 3.22. The number of carbonyl (C=O) groups is 1. The van der Waals surface area contributed by atoms with Crippen LogP contribution in [0.5, 0.6) is 5.75 Å². The smallest absolute Gasteiger partial charge is 0.462 e. The molecule has 0 heterocycles. The molecule has 102 valence electrons. The minimum absolute atomic E-state index is 0.0725. The summed E-state index contributed by atoms with van der Waals surface area (Å²) in [6.07, 6.45) is -4.93. The quantitative estimate of drug-likeness (QED) is 0.687. The van der Waals surface area contributed by atoms with Crippen LogP contribution in [0.1, 0.15) is 22.8 Å². The molecule has 0 unspecified atom stereocenters. The molecule has 0 bridgehead atoms. The van der Waals surface area contributed by atoms with Gasteiger partial charge in [0, 0.05) is 4.90 Å². The standard InChI is InChI=1S/C11H8F3NO3S/c1-2-17-10(16)7-3-6(5-15)8(4-9(7)19)18-11(12,13)14/h3-4,19H,2H2,1H3. The number of rotatable bonds is 3. The molecule has 0 amide bonds. The van der Waals surface area contributed by atoms with Crippen LogP contribution in [-0.4, -0.2) is 18.9 Å². The van der Waals surface area contributed by atoms with Crippen molar-refractivity contribution in [3.63, 3.8) is 0 Å². The second-order valence-electron chi connectivity index (χ2n) is 3.25. The van der Waals surface area contributed by atoms with Crippen LogP contribution in [0.3, 0.4) is 0 Å². The first-order valence-corrected chi connectivity index (χ1v) is 5.43. The number of nitriles is 1. The summed E-state index contributed by atoms with van der Waals surface area (Å²) in [7, 11) is 0. The summed E-state index contributed by atoms with van der Waals surface area (Å²) in [5.74, 6) is -1.49. The Kier molecular flexibility index (Phi) is 4.67. The van der Waals surface area contributed by atoms with E-state index in [1.54, 1.807) is 6.92 Å². The summed E-state index contributed by atoms with van der Waals surface area (Å²) < 4.78 is 44.7. The highest BCUT2D eigenvalue weighted by Crippen LogP contribution is 2.30. The fourth-order valence-corrected chi connectivity index (χ4v) is 1.51. The largest absolute Gasteiger partial charge is 0.573 e. The number of ether oxygens (including phenoxy) is 2. The van der Waals surface area contributed by atoms with Crippen LogP contribution in [0.25, 0.3) is 0 Å². The molecule has 0 N–H and O–H groups in total. The maximum absolute atomic E-state index is 12.1. The van der Waals surface area contributed by atoms with Gasteiger partial charge < -0.3 is 9.47 Å². The Morgan fingerprint density at radius 1 is 1.47 bits per heavy atom. The van der Waals surface area contributed by atoms with Crippen molar-refractivity contribution in [3.8, 4) is 11.8 Å². The number of nitrogens with zero attached hydrogens (tertiary/aromatic N) is 1. The topological polar surface area (TPSA) is 59.3 Å². The Hall–Kier alpha value is -1.88. The van der Waals surface area contributed by atoms with Crippen LogP contribution in [0, 0.1) is 11.3 Å². The summed E-state index contributed by atoms with van der Waals surface area (Å²) in [5.41, 5.74) is -0.533. The summed E-state index contributed by atoms with van der Waals surface area (Å²) in [4.78, 5) is 11.4. The van der Waals surface area contributed by atoms with Crippen molar-refractivity contribution in [2.45, 2.75) is 18.2 Å². The highest BCUT2D eigenvalue weighted by Gasteiger charge is 2.32. The fourth-order valence-electron chi connectivity index (χ4n) is 1.24. The van der Waals surface area contributed by atoms with E-state index in [0.717, 1.165) is 12.1 Å². The molecule has 1 aromatic rings. The summed E-state index contributed by atoms with van der Waals surface area (Å²) in [5, 5.41) is 8.77. The Morgan fingerprint density at radius 3 is 2.58 bits per heavy atom. The van der Waals surface area contributed by atoms with Gasteiger partial charge >= 0.3 is 12.3 Å². The average molecular weight is 291 g/mol. The van der Waals surface area contributed by atoms with E-state index in [-0.39, 0.29) is 17.1 Å². The lowest BCUT2D eigenvalue weighted by atomic mass is 10.1. The second kappa shape index (κ2) is 5.84. The lowest BCUT2D eigenvalue weighted by Crippen LogP contribution is -2.18. The third-order valence-corrected chi connectivity index (χ3v) is 2.31. The van der Waals surface area contributed by atoms with Crippen molar-refractivity contribution >= 4 is 18.6 Å². The molecule has 0 aliphatic rings. The van der Waals surface area contributed by atoms with E-state index in [4.69, 9.17) is 5.26 Å². The maximum atomic E-state index is 12.1. The molecule has 0 aliphatic heterocycles. The van der Waals surface area contributed by atoms with Crippen molar-refractivity contribution in [1.29, 1.82) is 5.26 Å². The van der Waals surface area contributed by atoms with Gasteiger partial charge in [-0.2, -0.15) is 5.26 Å². The monoisotopic (exact) mass is 291 g/mol. The zero-order valence-electron chi connectivity index (χ0n) is 9.61. The van der Waals surface area contributed by atoms with Gasteiger partial charge in [0.05, 0.1) is 17.7 Å². The van der Waals surface area contributed by atoms with E-state index >= 15 is 0 Å². The molecule has 8 heteroatoms. The zero-order chi connectivity index (χ0) is 14.6. The molecule has 0 saturated heterocycles. The minimum Gasteiger partial charge on any atom is -0.462 e. The molecular weight excluding hydrogens is 283 g/mol. The van der Waals surface area contributed by atoms with Crippen LogP contribution in [0.2, 0.25) is 0 Å². The van der Waals surface area contributed by atoms with Crippen molar-refractivity contribution in [2.75, 3.05) is 6.61 Å². The number of halogens is 3.